The van der Waals surface area contributed by atoms with Crippen molar-refractivity contribution in [3.05, 3.63) is 107 Å². The first-order valence-corrected chi connectivity index (χ1v) is 11.9. The first-order valence-electron chi connectivity index (χ1n) is 10.7. The zero-order chi connectivity index (χ0) is 22.9. The van der Waals surface area contributed by atoms with Gasteiger partial charge in [0.15, 0.2) is 5.11 Å². The molecule has 1 saturated heterocycles. The van der Waals surface area contributed by atoms with Gasteiger partial charge in [-0.2, -0.15) is 0 Å². The molecule has 5 rings (SSSR count). The minimum absolute atomic E-state index is 0.103. The number of thiocarbonyl (C=S) groups is 1. The van der Waals surface area contributed by atoms with E-state index in [1.54, 1.807) is 7.11 Å². The van der Waals surface area contributed by atoms with Gasteiger partial charge in [0.1, 0.15) is 11.8 Å². The van der Waals surface area contributed by atoms with E-state index < -0.39 is 0 Å². The number of methoxy groups -OCH3 is 1. The topological polar surface area (TPSA) is 42.3 Å². The second-order valence-electron chi connectivity index (χ2n) is 7.93. The van der Waals surface area contributed by atoms with E-state index in [0.717, 1.165) is 38.5 Å². The maximum absolute atomic E-state index is 5.87. The average Bonchev–Trinajstić information content (AvgIpc) is 3.46. The molecule has 0 radical (unpaired) electrons. The SMILES string of the molecule is COc1cccc(-n2cccc2[C@@H]2[C@H](c3ccccn3)NC(=S)N2c2ccc(Br)c(C)c2)c1. The Kier molecular flexibility index (Phi) is 5.91. The van der Waals surface area contributed by atoms with Gasteiger partial charge in [0.05, 0.1) is 18.8 Å². The highest BCUT2D eigenvalue weighted by Gasteiger charge is 2.42. The summed E-state index contributed by atoms with van der Waals surface area (Å²) in [4.78, 5) is 6.85. The van der Waals surface area contributed by atoms with Crippen molar-refractivity contribution in [2.75, 3.05) is 12.0 Å². The van der Waals surface area contributed by atoms with E-state index in [1.807, 2.05) is 42.6 Å². The summed E-state index contributed by atoms with van der Waals surface area (Å²) in [7, 11) is 1.68. The Bertz CT molecular complexity index is 1310. The fourth-order valence-corrected chi connectivity index (χ4v) is 4.94. The summed E-state index contributed by atoms with van der Waals surface area (Å²) < 4.78 is 8.73. The largest absolute Gasteiger partial charge is 0.497 e. The third-order valence-corrected chi connectivity index (χ3v) is 7.14. The molecule has 2 aromatic carbocycles. The van der Waals surface area contributed by atoms with Crippen LogP contribution in [0, 0.1) is 6.92 Å². The number of benzene rings is 2. The van der Waals surface area contributed by atoms with Crippen LogP contribution in [0.4, 0.5) is 5.69 Å². The molecule has 0 amide bonds. The molecule has 33 heavy (non-hydrogen) atoms. The van der Waals surface area contributed by atoms with E-state index in [1.165, 1.54) is 0 Å². The fourth-order valence-electron chi connectivity index (χ4n) is 4.34. The van der Waals surface area contributed by atoms with Crippen LogP contribution >= 0.6 is 28.1 Å². The lowest BCUT2D eigenvalue weighted by atomic mass is 10.0. The highest BCUT2D eigenvalue weighted by molar-refractivity contribution is 9.10. The van der Waals surface area contributed by atoms with Crippen LogP contribution in [0.25, 0.3) is 5.69 Å². The number of aromatic nitrogens is 2. The van der Waals surface area contributed by atoms with Crippen LogP contribution in [0.2, 0.25) is 0 Å². The van der Waals surface area contributed by atoms with Gasteiger partial charge in [-0.15, -0.1) is 0 Å². The lowest BCUT2D eigenvalue weighted by molar-refractivity contribution is 0.414. The first kappa shape index (κ1) is 21.7. The Hall–Kier alpha value is -3.16. The maximum atomic E-state index is 5.87. The van der Waals surface area contributed by atoms with Crippen molar-refractivity contribution >= 4 is 38.9 Å². The molecule has 0 bridgehead atoms. The predicted molar refractivity (Wildman–Crippen MR) is 139 cm³/mol. The standard InChI is InChI=1S/C26H23BrN4OS/c1-17-15-19(11-12-21(17)27)31-25(24(29-26(31)33)22-9-3-4-13-28-22)23-10-6-14-30(23)18-7-5-8-20(16-18)32-2/h3-16,24-25H,1-2H3,(H,29,33)/t24-,25+/m0/s1. The zero-order valence-electron chi connectivity index (χ0n) is 18.3. The van der Waals surface area contributed by atoms with E-state index in [0.29, 0.717) is 5.11 Å². The highest BCUT2D eigenvalue weighted by Crippen LogP contribution is 2.43. The molecule has 7 heteroatoms. The van der Waals surface area contributed by atoms with Gasteiger partial charge in [-0.3, -0.25) is 4.98 Å². The van der Waals surface area contributed by atoms with Crippen molar-refractivity contribution in [2.45, 2.75) is 19.0 Å². The summed E-state index contributed by atoms with van der Waals surface area (Å²) in [6.07, 6.45) is 3.90. The van der Waals surface area contributed by atoms with Crippen LogP contribution in [0.3, 0.4) is 0 Å². The Balaban J connectivity index is 1.67. The summed E-state index contributed by atoms with van der Waals surface area (Å²) >= 11 is 9.49. The van der Waals surface area contributed by atoms with Crippen molar-refractivity contribution in [3.63, 3.8) is 0 Å². The van der Waals surface area contributed by atoms with Crippen molar-refractivity contribution in [3.8, 4) is 11.4 Å². The number of anilines is 1. The molecule has 1 fully saturated rings. The molecule has 2 aromatic heterocycles. The van der Waals surface area contributed by atoms with Crippen molar-refractivity contribution < 1.29 is 4.74 Å². The third kappa shape index (κ3) is 4.03. The van der Waals surface area contributed by atoms with Crippen molar-refractivity contribution in [2.24, 2.45) is 0 Å². The van der Waals surface area contributed by atoms with Gasteiger partial charge in [0, 0.05) is 40.0 Å². The first-order chi connectivity index (χ1) is 16.1. The predicted octanol–water partition coefficient (Wildman–Crippen LogP) is 6.13. The van der Waals surface area contributed by atoms with E-state index in [2.05, 4.69) is 85.2 Å². The molecular weight excluding hydrogens is 496 g/mol. The van der Waals surface area contributed by atoms with Gasteiger partial charge in [0.25, 0.3) is 0 Å². The smallest absolute Gasteiger partial charge is 0.174 e. The number of pyridine rings is 1. The van der Waals surface area contributed by atoms with Crippen LogP contribution in [0.1, 0.15) is 29.0 Å². The number of rotatable bonds is 5. The number of hydrogen-bond donors (Lipinski definition) is 1. The van der Waals surface area contributed by atoms with Crippen LogP contribution in [-0.4, -0.2) is 21.8 Å². The van der Waals surface area contributed by atoms with Gasteiger partial charge >= 0.3 is 0 Å². The molecule has 0 saturated carbocycles. The van der Waals surface area contributed by atoms with E-state index in [9.17, 15) is 0 Å². The van der Waals surface area contributed by atoms with Gasteiger partial charge in [-0.25, -0.2) is 0 Å². The van der Waals surface area contributed by atoms with Crippen LogP contribution in [-0.2, 0) is 0 Å². The quantitative estimate of drug-likeness (QED) is 0.322. The molecule has 1 aliphatic heterocycles. The monoisotopic (exact) mass is 518 g/mol. The molecule has 166 valence electrons. The number of nitrogens with one attached hydrogen (secondary N) is 1. The maximum Gasteiger partial charge on any atom is 0.174 e. The lowest BCUT2D eigenvalue weighted by Gasteiger charge is -2.29. The normalized spacial score (nSPS) is 17.8. The van der Waals surface area contributed by atoms with E-state index in [-0.39, 0.29) is 12.1 Å². The van der Waals surface area contributed by atoms with Crippen LogP contribution in [0.5, 0.6) is 5.75 Å². The second-order valence-corrected chi connectivity index (χ2v) is 9.18. The fraction of sp³-hybridized carbons (Fsp3) is 0.154. The molecule has 0 spiro atoms. The molecule has 1 N–H and O–H groups in total. The molecular formula is C26H23BrN4OS. The van der Waals surface area contributed by atoms with E-state index in [4.69, 9.17) is 17.0 Å². The average molecular weight is 519 g/mol. The minimum Gasteiger partial charge on any atom is -0.497 e. The molecule has 1 aliphatic rings. The minimum atomic E-state index is -0.109. The molecule has 0 aliphatic carbocycles. The third-order valence-electron chi connectivity index (χ3n) is 5.93. The molecule has 3 heterocycles. The Labute approximate surface area is 207 Å². The summed E-state index contributed by atoms with van der Waals surface area (Å²) in [5, 5.41) is 4.21. The number of hydrogen-bond acceptors (Lipinski definition) is 3. The van der Waals surface area contributed by atoms with Crippen molar-refractivity contribution in [1.82, 2.24) is 14.9 Å². The summed E-state index contributed by atoms with van der Waals surface area (Å²) in [6.45, 7) is 2.09. The Morgan fingerprint density at radius 2 is 1.88 bits per heavy atom. The molecule has 2 atom stereocenters. The summed E-state index contributed by atoms with van der Waals surface area (Å²) in [6, 6.07) is 24.4. The summed E-state index contributed by atoms with van der Waals surface area (Å²) in [5.41, 5.74) is 5.26. The number of ether oxygens (including phenoxy) is 1. The number of halogens is 1. The van der Waals surface area contributed by atoms with Crippen LogP contribution in [0.15, 0.2) is 89.7 Å². The highest BCUT2D eigenvalue weighted by atomic mass is 79.9. The van der Waals surface area contributed by atoms with Gasteiger partial charge in [-0.1, -0.05) is 28.1 Å². The molecule has 0 unspecified atom stereocenters. The second kappa shape index (κ2) is 9.00. The molecule has 4 aromatic rings. The number of aryl methyl sites for hydroxylation is 1. The number of nitrogens with zero attached hydrogens (tertiary/aromatic N) is 3. The van der Waals surface area contributed by atoms with Gasteiger partial charge in [0.2, 0.25) is 0 Å². The van der Waals surface area contributed by atoms with Crippen molar-refractivity contribution in [1.29, 1.82) is 0 Å². The summed E-state index contributed by atoms with van der Waals surface area (Å²) in [5.74, 6) is 0.814. The lowest BCUT2D eigenvalue weighted by Crippen LogP contribution is -2.30. The van der Waals surface area contributed by atoms with Gasteiger partial charge in [-0.05, 0) is 79.3 Å². The van der Waals surface area contributed by atoms with Gasteiger partial charge < -0.3 is 19.5 Å². The Morgan fingerprint density at radius 3 is 2.64 bits per heavy atom. The zero-order valence-corrected chi connectivity index (χ0v) is 20.7. The van der Waals surface area contributed by atoms with Crippen LogP contribution < -0.4 is 15.0 Å². The van der Waals surface area contributed by atoms with E-state index >= 15 is 0 Å². The Morgan fingerprint density at radius 1 is 1.00 bits per heavy atom. The molecule has 5 nitrogen and oxygen atoms in total.